The molecule has 0 radical (unpaired) electrons. The van der Waals surface area contributed by atoms with Crippen LogP contribution in [0, 0.1) is 0 Å². The number of urea groups is 1. The van der Waals surface area contributed by atoms with Gasteiger partial charge in [-0.1, -0.05) is 43.2 Å². The number of hydrogen-bond acceptors (Lipinski definition) is 3. The maximum Gasteiger partial charge on any atom is 0.317 e. The number of benzene rings is 1. The number of likely N-dealkylation sites (tertiary alicyclic amines) is 1. The molecule has 1 aromatic carbocycles. The average Bonchev–Trinajstić information content (AvgIpc) is 3.30. The molecule has 4 rings (SSSR count). The lowest BCUT2D eigenvalue weighted by atomic mass is 10.2. The summed E-state index contributed by atoms with van der Waals surface area (Å²) < 4.78 is 0. The number of nitrogens with zero attached hydrogens (tertiary/aromatic N) is 3. The predicted molar refractivity (Wildman–Crippen MR) is 109 cm³/mol. The quantitative estimate of drug-likeness (QED) is 0.886. The number of amides is 2. The van der Waals surface area contributed by atoms with E-state index in [9.17, 15) is 4.79 Å². The fourth-order valence-electron chi connectivity index (χ4n) is 4.98. The molecule has 2 heterocycles. The Hall–Kier alpha value is -1.59. The maximum atomic E-state index is 12.8. The highest BCUT2D eigenvalue weighted by molar-refractivity contribution is 5.74. The van der Waals surface area contributed by atoms with Gasteiger partial charge in [-0.15, -0.1) is 0 Å². The second-order valence-corrected chi connectivity index (χ2v) is 8.47. The highest BCUT2D eigenvalue weighted by Gasteiger charge is 2.28. The average molecular weight is 371 g/mol. The zero-order valence-electron chi connectivity index (χ0n) is 16.5. The predicted octanol–water partition coefficient (Wildman–Crippen LogP) is 2.92. The second-order valence-electron chi connectivity index (χ2n) is 8.47. The molecule has 1 aliphatic carbocycles. The van der Waals surface area contributed by atoms with E-state index in [1.807, 2.05) is 0 Å². The highest BCUT2D eigenvalue weighted by atomic mass is 16.2. The lowest BCUT2D eigenvalue weighted by molar-refractivity contribution is 0.185. The first-order chi connectivity index (χ1) is 13.3. The van der Waals surface area contributed by atoms with E-state index in [1.54, 1.807) is 0 Å². The first-order valence-corrected chi connectivity index (χ1v) is 10.8. The molecule has 1 N–H and O–H groups in total. The van der Waals surface area contributed by atoms with Gasteiger partial charge in [0.15, 0.2) is 0 Å². The van der Waals surface area contributed by atoms with Crippen LogP contribution in [0.25, 0.3) is 0 Å². The number of nitrogens with one attached hydrogen (secondary N) is 1. The van der Waals surface area contributed by atoms with Crippen molar-refractivity contribution in [1.29, 1.82) is 0 Å². The van der Waals surface area contributed by atoms with Crippen LogP contribution < -0.4 is 5.32 Å². The lowest BCUT2D eigenvalue weighted by Crippen LogP contribution is -2.47. The summed E-state index contributed by atoms with van der Waals surface area (Å²) in [4.78, 5) is 19.9. The van der Waals surface area contributed by atoms with Crippen molar-refractivity contribution < 1.29 is 4.79 Å². The summed E-state index contributed by atoms with van der Waals surface area (Å²) in [5, 5.41) is 3.30. The zero-order valence-corrected chi connectivity index (χ0v) is 16.5. The van der Waals surface area contributed by atoms with E-state index in [-0.39, 0.29) is 12.1 Å². The van der Waals surface area contributed by atoms with Crippen molar-refractivity contribution in [3.05, 3.63) is 35.9 Å². The van der Waals surface area contributed by atoms with Crippen LogP contribution in [0.4, 0.5) is 4.79 Å². The highest BCUT2D eigenvalue weighted by Crippen LogP contribution is 2.24. The van der Waals surface area contributed by atoms with Gasteiger partial charge in [-0.05, 0) is 31.2 Å². The van der Waals surface area contributed by atoms with Gasteiger partial charge in [0.25, 0.3) is 0 Å². The monoisotopic (exact) mass is 370 g/mol. The van der Waals surface area contributed by atoms with Crippen LogP contribution in [0.15, 0.2) is 30.3 Å². The van der Waals surface area contributed by atoms with Gasteiger partial charge in [0.1, 0.15) is 0 Å². The minimum Gasteiger partial charge on any atom is -0.334 e. The Morgan fingerprint density at radius 2 is 1.74 bits per heavy atom. The van der Waals surface area contributed by atoms with Crippen molar-refractivity contribution in [3.8, 4) is 0 Å². The van der Waals surface area contributed by atoms with Gasteiger partial charge >= 0.3 is 6.03 Å². The molecular weight excluding hydrogens is 336 g/mol. The molecule has 5 heteroatoms. The van der Waals surface area contributed by atoms with E-state index in [0.29, 0.717) is 0 Å². The van der Waals surface area contributed by atoms with E-state index >= 15 is 0 Å². The molecule has 0 bridgehead atoms. The molecule has 2 saturated heterocycles. The van der Waals surface area contributed by atoms with Crippen LogP contribution in [-0.4, -0.2) is 72.1 Å². The first kappa shape index (κ1) is 18.8. The molecule has 3 fully saturated rings. The molecule has 1 unspecified atom stereocenters. The largest absolute Gasteiger partial charge is 0.334 e. The van der Waals surface area contributed by atoms with Crippen LogP contribution in [0.5, 0.6) is 0 Å². The van der Waals surface area contributed by atoms with Crippen molar-refractivity contribution >= 4 is 6.03 Å². The fourth-order valence-corrected chi connectivity index (χ4v) is 4.98. The van der Waals surface area contributed by atoms with Gasteiger partial charge in [-0.25, -0.2) is 4.79 Å². The van der Waals surface area contributed by atoms with Gasteiger partial charge in [0, 0.05) is 57.9 Å². The summed E-state index contributed by atoms with van der Waals surface area (Å²) in [6.45, 7) is 6.98. The molecular formula is C22H34N4O. The summed E-state index contributed by atoms with van der Waals surface area (Å²) in [6, 6.07) is 11.8. The Balaban J connectivity index is 1.22. The topological polar surface area (TPSA) is 38.8 Å². The van der Waals surface area contributed by atoms with Crippen molar-refractivity contribution in [2.75, 3.05) is 39.3 Å². The van der Waals surface area contributed by atoms with Crippen molar-refractivity contribution in [1.82, 2.24) is 20.0 Å². The second kappa shape index (κ2) is 9.07. The minimum absolute atomic E-state index is 0.148. The molecule has 27 heavy (non-hydrogen) atoms. The lowest BCUT2D eigenvalue weighted by Gasteiger charge is -2.27. The molecule has 148 valence electrons. The van der Waals surface area contributed by atoms with Gasteiger partial charge in [-0.3, -0.25) is 9.80 Å². The van der Waals surface area contributed by atoms with Crippen LogP contribution in [0.2, 0.25) is 0 Å². The normalized spacial score (nSPS) is 25.6. The number of rotatable bonds is 4. The van der Waals surface area contributed by atoms with Crippen LogP contribution >= 0.6 is 0 Å². The van der Waals surface area contributed by atoms with Crippen LogP contribution in [0.1, 0.15) is 44.1 Å². The number of carbonyl (C=O) groups excluding carboxylic acids is 1. The summed E-state index contributed by atoms with van der Waals surface area (Å²) in [5.41, 5.74) is 1.35. The molecule has 0 spiro atoms. The fraction of sp³-hybridized carbons (Fsp3) is 0.682. The molecule has 2 amide bonds. The molecule has 0 aromatic heterocycles. The van der Waals surface area contributed by atoms with Crippen molar-refractivity contribution in [2.24, 2.45) is 0 Å². The molecule has 5 nitrogen and oxygen atoms in total. The summed E-state index contributed by atoms with van der Waals surface area (Å²) in [6.07, 6.45) is 7.63. The Kier molecular flexibility index (Phi) is 6.30. The van der Waals surface area contributed by atoms with Gasteiger partial charge in [0.2, 0.25) is 0 Å². The SMILES string of the molecule is O=C(NC1CCN(Cc2ccccc2)C1)N1CCCN(C2CCCC2)CC1. The van der Waals surface area contributed by atoms with Crippen LogP contribution in [0.3, 0.4) is 0 Å². The Bertz CT molecular complexity index is 602. The number of carbonyl (C=O) groups is 1. The van der Waals surface area contributed by atoms with Gasteiger partial charge < -0.3 is 10.2 Å². The van der Waals surface area contributed by atoms with Crippen molar-refractivity contribution in [2.45, 2.75) is 57.2 Å². The molecule has 2 aliphatic heterocycles. The smallest absolute Gasteiger partial charge is 0.317 e. The van der Waals surface area contributed by atoms with Crippen LogP contribution in [-0.2, 0) is 6.54 Å². The Morgan fingerprint density at radius 1 is 0.926 bits per heavy atom. The number of hydrogen-bond donors (Lipinski definition) is 1. The summed E-state index contributed by atoms with van der Waals surface area (Å²) in [5.74, 6) is 0. The van der Waals surface area contributed by atoms with Gasteiger partial charge in [0.05, 0.1) is 0 Å². The Morgan fingerprint density at radius 3 is 2.56 bits per heavy atom. The summed E-state index contributed by atoms with van der Waals surface area (Å²) >= 11 is 0. The molecule has 1 atom stereocenters. The van der Waals surface area contributed by atoms with E-state index < -0.39 is 0 Å². The zero-order chi connectivity index (χ0) is 18.5. The van der Waals surface area contributed by atoms with E-state index in [4.69, 9.17) is 0 Å². The van der Waals surface area contributed by atoms with Gasteiger partial charge in [-0.2, -0.15) is 0 Å². The van der Waals surface area contributed by atoms with E-state index in [1.165, 1.54) is 31.2 Å². The molecule has 3 aliphatic rings. The molecule has 1 aromatic rings. The van der Waals surface area contributed by atoms with E-state index in [2.05, 4.69) is 50.3 Å². The van der Waals surface area contributed by atoms with Crippen molar-refractivity contribution in [3.63, 3.8) is 0 Å². The summed E-state index contributed by atoms with van der Waals surface area (Å²) in [7, 11) is 0. The van der Waals surface area contributed by atoms with E-state index in [0.717, 1.165) is 64.7 Å². The minimum atomic E-state index is 0.148. The Labute approximate surface area is 163 Å². The molecule has 1 saturated carbocycles. The first-order valence-electron chi connectivity index (χ1n) is 10.8. The third-order valence-corrected chi connectivity index (χ3v) is 6.51. The third-order valence-electron chi connectivity index (χ3n) is 6.51. The maximum absolute atomic E-state index is 12.8. The standard InChI is InChI=1S/C22H34N4O/c27-22(26-13-6-12-25(15-16-26)21-9-4-5-10-21)23-20-11-14-24(18-20)17-19-7-2-1-3-8-19/h1-3,7-8,20-21H,4-6,9-18H2,(H,23,27). The third kappa shape index (κ3) is 5.02.